The van der Waals surface area contributed by atoms with E-state index in [1.54, 1.807) is 0 Å². The van der Waals surface area contributed by atoms with Crippen molar-refractivity contribution >= 4 is 5.78 Å². The molecule has 2 rings (SSSR count). The summed E-state index contributed by atoms with van der Waals surface area (Å²) in [5.41, 5.74) is 0.804. The first-order chi connectivity index (χ1) is 10.8. The molecule has 0 unspecified atom stereocenters. The number of unbranched alkanes of at least 4 members (excludes halogenated alkanes) is 2. The number of likely N-dealkylation sites (tertiary alicyclic amines) is 1. The largest absolute Gasteiger partial charge is 0.494 e. The fourth-order valence-corrected chi connectivity index (χ4v) is 2.87. The first-order valence-electron chi connectivity index (χ1n) is 8.78. The second-order valence-corrected chi connectivity index (χ2v) is 6.16. The smallest absolute Gasteiger partial charge is 0.164 e. The average molecular weight is 303 g/mol. The molecular weight excluding hydrogens is 274 g/mol. The minimum absolute atomic E-state index is 0.239. The molecule has 22 heavy (non-hydrogen) atoms. The number of nitrogens with zero attached hydrogens (tertiary/aromatic N) is 1. The number of piperidine rings is 1. The van der Waals surface area contributed by atoms with Crippen LogP contribution in [0, 0.1) is 0 Å². The van der Waals surface area contributed by atoms with Crippen LogP contribution in [0.2, 0.25) is 0 Å². The van der Waals surface area contributed by atoms with Gasteiger partial charge in [0.05, 0.1) is 6.61 Å². The van der Waals surface area contributed by atoms with Crippen LogP contribution in [0.3, 0.4) is 0 Å². The molecule has 0 radical (unpaired) electrons. The third-order valence-corrected chi connectivity index (χ3v) is 4.30. The van der Waals surface area contributed by atoms with Crippen LogP contribution < -0.4 is 4.74 Å². The van der Waals surface area contributed by atoms with Crippen molar-refractivity contribution in [2.45, 2.75) is 51.9 Å². The minimum atomic E-state index is 0.239. The summed E-state index contributed by atoms with van der Waals surface area (Å²) >= 11 is 0. The molecule has 1 saturated heterocycles. The zero-order valence-corrected chi connectivity index (χ0v) is 13.9. The van der Waals surface area contributed by atoms with Crippen molar-refractivity contribution in [3.05, 3.63) is 29.8 Å². The quantitative estimate of drug-likeness (QED) is 0.503. The zero-order chi connectivity index (χ0) is 15.6. The van der Waals surface area contributed by atoms with Gasteiger partial charge in [-0.05, 0) is 56.6 Å². The van der Waals surface area contributed by atoms with Crippen molar-refractivity contribution in [1.29, 1.82) is 0 Å². The third-order valence-electron chi connectivity index (χ3n) is 4.30. The summed E-state index contributed by atoms with van der Waals surface area (Å²) in [4.78, 5) is 14.6. The summed E-state index contributed by atoms with van der Waals surface area (Å²) < 4.78 is 5.68. The van der Waals surface area contributed by atoms with Gasteiger partial charge in [0.2, 0.25) is 0 Å². The molecule has 3 heteroatoms. The van der Waals surface area contributed by atoms with Gasteiger partial charge in [0, 0.05) is 18.5 Å². The van der Waals surface area contributed by atoms with Crippen LogP contribution in [0.4, 0.5) is 0 Å². The molecule has 1 aromatic carbocycles. The second kappa shape index (κ2) is 9.62. The van der Waals surface area contributed by atoms with E-state index < -0.39 is 0 Å². The highest BCUT2D eigenvalue weighted by Crippen LogP contribution is 2.15. The van der Waals surface area contributed by atoms with Crippen molar-refractivity contribution < 1.29 is 9.53 Å². The van der Waals surface area contributed by atoms with E-state index >= 15 is 0 Å². The molecule has 1 aliphatic rings. The van der Waals surface area contributed by atoms with Gasteiger partial charge in [-0.15, -0.1) is 0 Å². The molecule has 1 fully saturated rings. The van der Waals surface area contributed by atoms with Gasteiger partial charge in [-0.3, -0.25) is 4.79 Å². The van der Waals surface area contributed by atoms with Gasteiger partial charge in [0.1, 0.15) is 5.75 Å². The number of Topliss-reactive ketones (excluding diaryl/α,β-unsaturated/α-hetero) is 1. The van der Waals surface area contributed by atoms with E-state index in [0.29, 0.717) is 6.42 Å². The highest BCUT2D eigenvalue weighted by Gasteiger charge is 2.12. The van der Waals surface area contributed by atoms with E-state index in [1.807, 2.05) is 24.3 Å². The lowest BCUT2D eigenvalue weighted by atomic mass is 10.1. The van der Waals surface area contributed by atoms with Crippen LogP contribution in [-0.2, 0) is 0 Å². The molecule has 0 aliphatic carbocycles. The number of ether oxygens (including phenoxy) is 1. The van der Waals surface area contributed by atoms with E-state index in [4.69, 9.17) is 4.74 Å². The molecule has 0 spiro atoms. The van der Waals surface area contributed by atoms with Crippen LogP contribution in [0.5, 0.6) is 5.75 Å². The molecule has 0 bridgehead atoms. The zero-order valence-electron chi connectivity index (χ0n) is 13.9. The van der Waals surface area contributed by atoms with E-state index in [0.717, 1.165) is 44.0 Å². The summed E-state index contributed by atoms with van der Waals surface area (Å²) in [6.45, 7) is 6.14. The predicted molar refractivity (Wildman–Crippen MR) is 90.7 cm³/mol. The Bertz CT molecular complexity index is 435. The number of rotatable bonds is 9. The summed E-state index contributed by atoms with van der Waals surface area (Å²) in [5, 5.41) is 0. The van der Waals surface area contributed by atoms with Gasteiger partial charge < -0.3 is 9.64 Å². The Hall–Kier alpha value is -1.35. The Morgan fingerprint density at radius 3 is 2.50 bits per heavy atom. The minimum Gasteiger partial charge on any atom is -0.494 e. The molecule has 0 saturated carbocycles. The molecule has 3 nitrogen and oxygen atoms in total. The standard InChI is InChI=1S/C19H29NO2/c1-2-3-7-16-22-18-10-8-17(9-11-18)19(21)12-15-20-13-5-4-6-14-20/h8-11H,2-7,12-16H2,1H3. The number of benzene rings is 1. The maximum atomic E-state index is 12.2. The van der Waals surface area contributed by atoms with Gasteiger partial charge in [0.15, 0.2) is 5.78 Å². The number of carbonyl (C=O) groups excluding carboxylic acids is 1. The van der Waals surface area contributed by atoms with Crippen molar-refractivity contribution in [1.82, 2.24) is 4.90 Å². The van der Waals surface area contributed by atoms with E-state index in [2.05, 4.69) is 11.8 Å². The topological polar surface area (TPSA) is 29.5 Å². The average Bonchev–Trinajstić information content (AvgIpc) is 2.58. The molecule has 1 aliphatic heterocycles. The maximum absolute atomic E-state index is 12.2. The summed E-state index contributed by atoms with van der Waals surface area (Å²) in [5.74, 6) is 1.10. The summed E-state index contributed by atoms with van der Waals surface area (Å²) in [6.07, 6.45) is 8.01. The Morgan fingerprint density at radius 1 is 1.09 bits per heavy atom. The summed E-state index contributed by atoms with van der Waals surface area (Å²) in [7, 11) is 0. The van der Waals surface area contributed by atoms with Gasteiger partial charge in [-0.2, -0.15) is 0 Å². The van der Waals surface area contributed by atoms with Crippen molar-refractivity contribution in [3.63, 3.8) is 0 Å². The summed E-state index contributed by atoms with van der Waals surface area (Å²) in [6, 6.07) is 7.63. The Kier molecular flexibility index (Phi) is 7.44. The van der Waals surface area contributed by atoms with Gasteiger partial charge in [-0.25, -0.2) is 0 Å². The lowest BCUT2D eigenvalue weighted by Gasteiger charge is -2.25. The van der Waals surface area contributed by atoms with Crippen molar-refractivity contribution in [3.8, 4) is 5.75 Å². The fraction of sp³-hybridized carbons (Fsp3) is 0.632. The lowest BCUT2D eigenvalue weighted by Crippen LogP contribution is -2.31. The fourth-order valence-electron chi connectivity index (χ4n) is 2.87. The van der Waals surface area contributed by atoms with Gasteiger partial charge in [-0.1, -0.05) is 26.2 Å². The van der Waals surface area contributed by atoms with Crippen LogP contribution >= 0.6 is 0 Å². The van der Waals surface area contributed by atoms with Crippen molar-refractivity contribution in [2.24, 2.45) is 0 Å². The monoisotopic (exact) mass is 303 g/mol. The molecular formula is C19H29NO2. The second-order valence-electron chi connectivity index (χ2n) is 6.16. The predicted octanol–water partition coefficient (Wildman–Crippen LogP) is 4.31. The molecule has 122 valence electrons. The Labute approximate surface area is 134 Å². The van der Waals surface area contributed by atoms with Crippen LogP contribution in [0.25, 0.3) is 0 Å². The van der Waals surface area contributed by atoms with E-state index in [-0.39, 0.29) is 5.78 Å². The van der Waals surface area contributed by atoms with Gasteiger partial charge >= 0.3 is 0 Å². The Balaban J connectivity index is 1.73. The molecule has 0 N–H and O–H groups in total. The first kappa shape index (κ1) is 17.0. The van der Waals surface area contributed by atoms with E-state index in [9.17, 15) is 4.79 Å². The molecule has 0 amide bonds. The highest BCUT2D eigenvalue weighted by atomic mass is 16.5. The SMILES string of the molecule is CCCCCOc1ccc(C(=O)CCN2CCCCC2)cc1. The first-order valence-corrected chi connectivity index (χ1v) is 8.78. The molecule has 0 atom stereocenters. The van der Waals surface area contributed by atoms with Crippen LogP contribution in [0.1, 0.15) is 62.2 Å². The lowest BCUT2D eigenvalue weighted by molar-refractivity contribution is 0.0958. The molecule has 1 heterocycles. The number of hydrogen-bond acceptors (Lipinski definition) is 3. The maximum Gasteiger partial charge on any atom is 0.164 e. The van der Waals surface area contributed by atoms with Crippen LogP contribution in [0.15, 0.2) is 24.3 Å². The number of ketones is 1. The number of hydrogen-bond donors (Lipinski definition) is 0. The molecule has 1 aromatic rings. The third kappa shape index (κ3) is 5.80. The van der Waals surface area contributed by atoms with Crippen molar-refractivity contribution in [2.75, 3.05) is 26.2 Å². The Morgan fingerprint density at radius 2 is 1.82 bits per heavy atom. The normalized spacial score (nSPS) is 15.7. The van der Waals surface area contributed by atoms with E-state index in [1.165, 1.54) is 32.1 Å². The van der Waals surface area contributed by atoms with Crippen LogP contribution in [-0.4, -0.2) is 36.9 Å². The molecule has 0 aromatic heterocycles. The van der Waals surface area contributed by atoms with Gasteiger partial charge in [0.25, 0.3) is 0 Å². The highest BCUT2D eigenvalue weighted by molar-refractivity contribution is 5.96. The number of carbonyl (C=O) groups is 1.